The van der Waals surface area contributed by atoms with Gasteiger partial charge in [-0.3, -0.25) is 14.8 Å². The Morgan fingerprint density at radius 2 is 1.66 bits per heavy atom. The summed E-state index contributed by atoms with van der Waals surface area (Å²) in [7, 11) is 0. The zero-order valence-electron chi connectivity index (χ0n) is 16.7. The Hall–Kier alpha value is -4.46. The van der Waals surface area contributed by atoms with Crippen molar-refractivity contribution in [1.29, 1.82) is 0 Å². The van der Waals surface area contributed by atoms with Crippen molar-refractivity contribution in [2.75, 3.05) is 6.79 Å². The average Bonchev–Trinajstić information content (AvgIpc) is 3.26. The van der Waals surface area contributed by atoms with Gasteiger partial charge in [0.05, 0.1) is 12.1 Å². The van der Waals surface area contributed by atoms with Crippen LogP contribution >= 0.6 is 0 Å². The highest BCUT2D eigenvalue weighted by Gasteiger charge is 2.15. The molecule has 3 aromatic carbocycles. The molecule has 0 spiro atoms. The molecule has 0 unspecified atom stereocenters. The smallest absolute Gasteiger partial charge is 0.258 e. The van der Waals surface area contributed by atoms with Crippen LogP contribution in [-0.2, 0) is 6.54 Å². The number of nitrogens with one attached hydrogen (secondary N) is 1. The maximum Gasteiger partial charge on any atom is 0.258 e. The number of pyridine rings is 1. The molecule has 2 heterocycles. The highest BCUT2D eigenvalue weighted by molar-refractivity contribution is 6.02. The van der Waals surface area contributed by atoms with Gasteiger partial charge in [-0.05, 0) is 53.1 Å². The third-order valence-electron chi connectivity index (χ3n) is 5.28. The number of aromatic amines is 1. The highest BCUT2D eigenvalue weighted by Crippen LogP contribution is 2.37. The number of H-pyrrole nitrogens is 1. The molecule has 5 rings (SSSR count). The summed E-state index contributed by atoms with van der Waals surface area (Å²) >= 11 is 0. The van der Waals surface area contributed by atoms with Crippen molar-refractivity contribution in [1.82, 2.24) is 4.98 Å². The fourth-order valence-corrected chi connectivity index (χ4v) is 3.63. The summed E-state index contributed by atoms with van der Waals surface area (Å²) in [5, 5.41) is 30.4. The Labute approximate surface area is 181 Å². The van der Waals surface area contributed by atoms with Crippen LogP contribution < -0.4 is 15.0 Å². The van der Waals surface area contributed by atoms with Crippen molar-refractivity contribution in [3.8, 4) is 40.0 Å². The molecule has 4 aromatic rings. The molecule has 160 valence electrons. The van der Waals surface area contributed by atoms with E-state index >= 15 is 0 Å². The number of rotatable bonds is 4. The SMILES string of the molecule is O=c1[nH]c(O)c(C=NCc2ccc(O)c(O)c2)c2cc(-c3ccc4c(c3)OCO4)ccc12. The summed E-state index contributed by atoms with van der Waals surface area (Å²) in [6.45, 7) is 0.384. The molecule has 0 radical (unpaired) electrons. The molecule has 1 aliphatic rings. The molecule has 32 heavy (non-hydrogen) atoms. The topological polar surface area (TPSA) is 124 Å². The van der Waals surface area contributed by atoms with Crippen LogP contribution in [0.5, 0.6) is 28.9 Å². The first-order valence-electron chi connectivity index (χ1n) is 9.79. The molecule has 0 bridgehead atoms. The van der Waals surface area contributed by atoms with Gasteiger partial charge in [0.1, 0.15) is 0 Å². The van der Waals surface area contributed by atoms with E-state index in [1.165, 1.54) is 18.3 Å². The lowest BCUT2D eigenvalue weighted by molar-refractivity contribution is 0.174. The average molecular weight is 430 g/mol. The van der Waals surface area contributed by atoms with E-state index in [-0.39, 0.29) is 30.7 Å². The second kappa shape index (κ2) is 7.66. The van der Waals surface area contributed by atoms with Gasteiger partial charge in [-0.1, -0.05) is 18.2 Å². The van der Waals surface area contributed by atoms with Crippen molar-refractivity contribution in [3.05, 3.63) is 76.1 Å². The van der Waals surface area contributed by atoms with Gasteiger partial charge in [0.15, 0.2) is 23.0 Å². The number of aromatic hydroxyl groups is 3. The number of hydrogen-bond acceptors (Lipinski definition) is 7. The van der Waals surface area contributed by atoms with Crippen LogP contribution in [0.4, 0.5) is 0 Å². The molecular weight excluding hydrogens is 412 g/mol. The predicted molar refractivity (Wildman–Crippen MR) is 119 cm³/mol. The van der Waals surface area contributed by atoms with Crippen LogP contribution in [0.1, 0.15) is 11.1 Å². The Morgan fingerprint density at radius 1 is 0.875 bits per heavy atom. The van der Waals surface area contributed by atoms with Gasteiger partial charge in [0, 0.05) is 17.0 Å². The Balaban J connectivity index is 1.55. The largest absolute Gasteiger partial charge is 0.504 e. The summed E-state index contributed by atoms with van der Waals surface area (Å²) < 4.78 is 10.8. The van der Waals surface area contributed by atoms with Crippen LogP contribution in [0.15, 0.2) is 64.4 Å². The summed E-state index contributed by atoms with van der Waals surface area (Å²) in [4.78, 5) is 19.1. The highest BCUT2D eigenvalue weighted by atomic mass is 16.7. The van der Waals surface area contributed by atoms with Crippen LogP contribution in [0.3, 0.4) is 0 Å². The molecule has 4 N–H and O–H groups in total. The molecule has 0 aliphatic carbocycles. The van der Waals surface area contributed by atoms with E-state index < -0.39 is 5.56 Å². The van der Waals surface area contributed by atoms with E-state index in [0.717, 1.165) is 11.1 Å². The molecule has 1 aliphatic heterocycles. The van der Waals surface area contributed by atoms with E-state index in [4.69, 9.17) is 9.47 Å². The number of fused-ring (bicyclic) bond motifs is 2. The van der Waals surface area contributed by atoms with Crippen molar-refractivity contribution in [2.45, 2.75) is 6.54 Å². The molecule has 8 heteroatoms. The monoisotopic (exact) mass is 430 g/mol. The number of nitrogens with zero attached hydrogens (tertiary/aromatic N) is 1. The van der Waals surface area contributed by atoms with Crippen molar-refractivity contribution in [2.24, 2.45) is 4.99 Å². The second-order valence-corrected chi connectivity index (χ2v) is 7.34. The van der Waals surface area contributed by atoms with Crippen LogP contribution in [0.25, 0.3) is 21.9 Å². The Morgan fingerprint density at radius 3 is 2.50 bits per heavy atom. The molecule has 0 fully saturated rings. The molecular formula is C24H18N2O6. The minimum Gasteiger partial charge on any atom is -0.504 e. The summed E-state index contributed by atoms with van der Waals surface area (Å²) in [5.41, 5.74) is 2.34. The van der Waals surface area contributed by atoms with Crippen molar-refractivity contribution in [3.63, 3.8) is 0 Å². The lowest BCUT2D eigenvalue weighted by Gasteiger charge is -2.08. The van der Waals surface area contributed by atoms with E-state index in [1.807, 2.05) is 30.3 Å². The Kier molecular flexibility index (Phi) is 4.67. The maximum absolute atomic E-state index is 12.4. The van der Waals surface area contributed by atoms with Gasteiger partial charge >= 0.3 is 0 Å². The quantitative estimate of drug-likeness (QED) is 0.289. The first-order chi connectivity index (χ1) is 15.5. The molecule has 8 nitrogen and oxygen atoms in total. The third-order valence-corrected chi connectivity index (χ3v) is 5.28. The third kappa shape index (κ3) is 3.47. The maximum atomic E-state index is 12.4. The molecule has 0 amide bonds. The van der Waals surface area contributed by atoms with E-state index in [2.05, 4.69) is 9.98 Å². The number of aromatic nitrogens is 1. The van der Waals surface area contributed by atoms with Gasteiger partial charge in [0.2, 0.25) is 12.7 Å². The van der Waals surface area contributed by atoms with Gasteiger partial charge in [0.25, 0.3) is 5.56 Å². The summed E-state index contributed by atoms with van der Waals surface area (Å²) in [6, 6.07) is 15.3. The fraction of sp³-hybridized carbons (Fsp3) is 0.0833. The molecule has 1 aromatic heterocycles. The lowest BCUT2D eigenvalue weighted by Crippen LogP contribution is -2.08. The number of phenols is 2. The predicted octanol–water partition coefficient (Wildman–Crippen LogP) is 3.66. The van der Waals surface area contributed by atoms with Gasteiger partial charge in [-0.25, -0.2) is 0 Å². The molecule has 0 atom stereocenters. The zero-order chi connectivity index (χ0) is 22.2. The number of phenolic OH excluding ortho intramolecular Hbond substituents is 2. The van der Waals surface area contributed by atoms with Crippen molar-refractivity contribution < 1.29 is 24.8 Å². The number of benzene rings is 3. The van der Waals surface area contributed by atoms with Crippen molar-refractivity contribution >= 4 is 17.0 Å². The second-order valence-electron chi connectivity index (χ2n) is 7.34. The summed E-state index contributed by atoms with van der Waals surface area (Å²) in [5.74, 6) is 0.594. The number of aliphatic imine (C=N–C) groups is 1. The minimum absolute atomic E-state index is 0.180. The number of ether oxygens (including phenoxy) is 2. The van der Waals surface area contributed by atoms with Crippen LogP contribution in [-0.4, -0.2) is 33.3 Å². The van der Waals surface area contributed by atoms with Crippen LogP contribution in [0.2, 0.25) is 0 Å². The van der Waals surface area contributed by atoms with Gasteiger partial charge in [-0.15, -0.1) is 0 Å². The molecule has 0 saturated carbocycles. The first kappa shape index (κ1) is 19.5. The van der Waals surface area contributed by atoms with Gasteiger partial charge < -0.3 is 24.8 Å². The number of hydrogen-bond donors (Lipinski definition) is 4. The van der Waals surface area contributed by atoms with Gasteiger partial charge in [-0.2, -0.15) is 0 Å². The van der Waals surface area contributed by atoms with Crippen LogP contribution in [0, 0.1) is 0 Å². The Bertz CT molecular complexity index is 1440. The summed E-state index contributed by atoms with van der Waals surface area (Å²) in [6.07, 6.45) is 1.47. The minimum atomic E-state index is -0.407. The standard InChI is InChI=1S/C24H18N2O6/c27-19-5-1-13(7-20(19)28)10-25-11-18-17-8-14(2-4-16(17)23(29)26-24(18)30)15-3-6-21-22(9-15)32-12-31-21/h1-9,11,27-28H,10,12H2,(H2,26,29,30). The van der Waals surface area contributed by atoms with E-state index in [9.17, 15) is 20.1 Å². The fourth-order valence-electron chi connectivity index (χ4n) is 3.63. The van der Waals surface area contributed by atoms with E-state index in [0.29, 0.717) is 33.4 Å². The van der Waals surface area contributed by atoms with E-state index in [1.54, 1.807) is 12.1 Å². The normalized spacial score (nSPS) is 12.6. The first-order valence-corrected chi connectivity index (χ1v) is 9.79. The molecule has 0 saturated heterocycles. The zero-order valence-corrected chi connectivity index (χ0v) is 16.7. The lowest BCUT2D eigenvalue weighted by atomic mass is 9.99.